The van der Waals surface area contributed by atoms with Gasteiger partial charge in [0.2, 0.25) is 6.79 Å². The van der Waals surface area contributed by atoms with E-state index in [2.05, 4.69) is 16.0 Å². The van der Waals surface area contributed by atoms with E-state index < -0.39 is 0 Å². The van der Waals surface area contributed by atoms with Crippen molar-refractivity contribution in [3.8, 4) is 11.5 Å². The lowest BCUT2D eigenvalue weighted by Gasteiger charge is -2.12. The fourth-order valence-corrected chi connectivity index (χ4v) is 3.81. The molecule has 0 atom stereocenters. The molecule has 4 aromatic rings. The summed E-state index contributed by atoms with van der Waals surface area (Å²) < 4.78 is 10.7. The van der Waals surface area contributed by atoms with Gasteiger partial charge in [-0.05, 0) is 66.2 Å². The summed E-state index contributed by atoms with van der Waals surface area (Å²) in [5.74, 6) is 0.378. The highest BCUT2D eigenvalue weighted by atomic mass is 16.7. The molecule has 0 unspecified atom stereocenters. The summed E-state index contributed by atoms with van der Waals surface area (Å²) >= 11 is 0. The van der Waals surface area contributed by atoms with Crippen molar-refractivity contribution in [2.45, 2.75) is 6.54 Å². The summed E-state index contributed by atoms with van der Waals surface area (Å²) in [6.45, 7) is 0.469. The molecule has 1 aliphatic rings. The van der Waals surface area contributed by atoms with Crippen molar-refractivity contribution in [1.82, 2.24) is 5.32 Å². The fraction of sp³-hybridized carbons (Fsp3) is 0.0690. The third-order valence-corrected chi connectivity index (χ3v) is 5.75. The second-order valence-electron chi connectivity index (χ2n) is 8.27. The molecule has 5 rings (SSSR count). The van der Waals surface area contributed by atoms with Crippen LogP contribution >= 0.6 is 0 Å². The van der Waals surface area contributed by atoms with E-state index in [1.807, 2.05) is 18.2 Å². The summed E-state index contributed by atoms with van der Waals surface area (Å²) in [5, 5.41) is 8.48. The van der Waals surface area contributed by atoms with Crippen LogP contribution in [0.5, 0.6) is 11.5 Å². The summed E-state index contributed by atoms with van der Waals surface area (Å²) in [6, 6.07) is 27.7. The molecule has 0 aliphatic carbocycles. The van der Waals surface area contributed by atoms with Gasteiger partial charge in [0.25, 0.3) is 17.7 Å². The Hall–Kier alpha value is -5.11. The Bertz CT molecular complexity index is 1450. The van der Waals surface area contributed by atoms with Crippen LogP contribution in [0.15, 0.2) is 97.1 Å². The Kier molecular flexibility index (Phi) is 6.80. The van der Waals surface area contributed by atoms with Crippen molar-refractivity contribution >= 4 is 29.1 Å². The summed E-state index contributed by atoms with van der Waals surface area (Å²) in [6.07, 6.45) is 0. The number of hydrogen-bond donors (Lipinski definition) is 3. The molecular weight excluding hydrogens is 470 g/mol. The first-order chi connectivity index (χ1) is 18.1. The van der Waals surface area contributed by atoms with Crippen LogP contribution in [-0.2, 0) is 6.54 Å². The molecule has 0 fully saturated rings. The monoisotopic (exact) mass is 493 g/mol. The number of fused-ring (bicyclic) bond motifs is 1. The van der Waals surface area contributed by atoms with Crippen molar-refractivity contribution in [3.63, 3.8) is 0 Å². The lowest BCUT2D eigenvalue weighted by atomic mass is 10.1. The predicted octanol–water partition coefficient (Wildman–Crippen LogP) is 4.85. The van der Waals surface area contributed by atoms with Crippen LogP contribution in [-0.4, -0.2) is 24.5 Å². The number of hydrogen-bond acceptors (Lipinski definition) is 5. The van der Waals surface area contributed by atoms with Crippen LogP contribution < -0.4 is 25.4 Å². The molecule has 0 saturated carbocycles. The van der Waals surface area contributed by atoms with Gasteiger partial charge in [0, 0.05) is 23.4 Å². The lowest BCUT2D eigenvalue weighted by molar-refractivity contribution is 0.0950. The minimum Gasteiger partial charge on any atom is -0.454 e. The van der Waals surface area contributed by atoms with E-state index in [9.17, 15) is 14.4 Å². The van der Waals surface area contributed by atoms with E-state index >= 15 is 0 Å². The quantitative estimate of drug-likeness (QED) is 0.341. The van der Waals surface area contributed by atoms with Crippen LogP contribution in [0.1, 0.15) is 36.6 Å². The number of rotatable bonds is 7. The molecule has 1 aliphatic heterocycles. The molecular formula is C29H23N3O5. The van der Waals surface area contributed by atoms with Crippen LogP contribution in [0.3, 0.4) is 0 Å². The average Bonchev–Trinajstić information content (AvgIpc) is 3.41. The third kappa shape index (κ3) is 5.59. The maximum absolute atomic E-state index is 12.9. The molecule has 8 nitrogen and oxygen atoms in total. The van der Waals surface area contributed by atoms with Gasteiger partial charge in [-0.3, -0.25) is 14.4 Å². The number of carbonyl (C=O) groups excluding carboxylic acids is 3. The summed E-state index contributed by atoms with van der Waals surface area (Å²) in [4.78, 5) is 38.1. The van der Waals surface area contributed by atoms with Gasteiger partial charge >= 0.3 is 0 Å². The molecule has 0 bridgehead atoms. The Morgan fingerprint density at radius 2 is 1.32 bits per heavy atom. The number of para-hydroxylation sites is 1. The highest BCUT2D eigenvalue weighted by Gasteiger charge is 2.16. The normalized spacial score (nSPS) is 11.5. The first kappa shape index (κ1) is 23.6. The maximum atomic E-state index is 12.9. The van der Waals surface area contributed by atoms with E-state index in [0.717, 1.165) is 5.56 Å². The number of anilines is 2. The number of amides is 3. The first-order valence-electron chi connectivity index (χ1n) is 11.6. The molecule has 0 saturated heterocycles. The molecule has 8 heteroatoms. The zero-order chi connectivity index (χ0) is 25.6. The highest BCUT2D eigenvalue weighted by molar-refractivity contribution is 6.09. The lowest BCUT2D eigenvalue weighted by Crippen LogP contribution is -2.24. The standard InChI is InChI=1S/C29H23N3O5/c33-27(20-6-2-1-3-7-20)31-22-13-11-21(12-14-22)28(34)32-24-9-5-4-8-23(24)29(35)30-17-19-10-15-25-26(16-19)37-18-36-25/h1-16H,17-18H2,(H,30,35)(H,31,33)(H,32,34). The minimum atomic E-state index is -0.378. The minimum absolute atomic E-state index is 0.184. The van der Waals surface area contributed by atoms with E-state index in [0.29, 0.717) is 39.6 Å². The Balaban J connectivity index is 1.21. The van der Waals surface area contributed by atoms with Gasteiger partial charge in [-0.15, -0.1) is 0 Å². The topological polar surface area (TPSA) is 106 Å². The van der Waals surface area contributed by atoms with E-state index in [-0.39, 0.29) is 31.1 Å². The number of nitrogens with one attached hydrogen (secondary N) is 3. The van der Waals surface area contributed by atoms with Crippen molar-refractivity contribution in [2.75, 3.05) is 17.4 Å². The molecule has 184 valence electrons. The van der Waals surface area contributed by atoms with Crippen LogP contribution in [0.4, 0.5) is 11.4 Å². The zero-order valence-electron chi connectivity index (χ0n) is 19.7. The molecule has 0 radical (unpaired) electrons. The van der Waals surface area contributed by atoms with Gasteiger partial charge < -0.3 is 25.4 Å². The van der Waals surface area contributed by atoms with E-state index in [1.54, 1.807) is 78.9 Å². The van der Waals surface area contributed by atoms with Gasteiger partial charge in [0.15, 0.2) is 11.5 Å². The second kappa shape index (κ2) is 10.7. The second-order valence-corrected chi connectivity index (χ2v) is 8.27. The largest absolute Gasteiger partial charge is 0.454 e. The van der Waals surface area contributed by atoms with Crippen molar-refractivity contribution in [3.05, 3.63) is 119 Å². The number of carbonyl (C=O) groups is 3. The van der Waals surface area contributed by atoms with Gasteiger partial charge in [0.05, 0.1) is 11.3 Å². The van der Waals surface area contributed by atoms with Crippen molar-refractivity contribution in [1.29, 1.82) is 0 Å². The fourth-order valence-electron chi connectivity index (χ4n) is 3.81. The molecule has 3 N–H and O–H groups in total. The van der Waals surface area contributed by atoms with Gasteiger partial charge in [0.1, 0.15) is 0 Å². The third-order valence-electron chi connectivity index (χ3n) is 5.75. The van der Waals surface area contributed by atoms with Gasteiger partial charge in [-0.1, -0.05) is 36.4 Å². The van der Waals surface area contributed by atoms with E-state index in [1.165, 1.54) is 0 Å². The van der Waals surface area contributed by atoms with Crippen molar-refractivity contribution < 1.29 is 23.9 Å². The number of benzene rings is 4. The predicted molar refractivity (Wildman–Crippen MR) is 139 cm³/mol. The van der Waals surface area contributed by atoms with Crippen LogP contribution in [0.25, 0.3) is 0 Å². The highest BCUT2D eigenvalue weighted by Crippen LogP contribution is 2.32. The molecule has 37 heavy (non-hydrogen) atoms. The SMILES string of the molecule is O=C(Nc1ccc(C(=O)Nc2ccccc2C(=O)NCc2ccc3c(c2)OCO3)cc1)c1ccccc1. The summed E-state index contributed by atoms with van der Waals surface area (Å²) in [7, 11) is 0. The van der Waals surface area contributed by atoms with E-state index in [4.69, 9.17) is 9.47 Å². The average molecular weight is 494 g/mol. The molecule has 4 aromatic carbocycles. The van der Waals surface area contributed by atoms with Crippen LogP contribution in [0, 0.1) is 0 Å². The summed E-state index contributed by atoms with van der Waals surface area (Å²) in [5.41, 5.74) is 3.07. The molecule has 0 aromatic heterocycles. The maximum Gasteiger partial charge on any atom is 0.255 e. The first-order valence-corrected chi connectivity index (χ1v) is 11.6. The van der Waals surface area contributed by atoms with Crippen LogP contribution in [0.2, 0.25) is 0 Å². The Morgan fingerprint density at radius 1 is 0.649 bits per heavy atom. The number of ether oxygens (including phenoxy) is 2. The van der Waals surface area contributed by atoms with Crippen molar-refractivity contribution in [2.24, 2.45) is 0 Å². The molecule has 0 spiro atoms. The van der Waals surface area contributed by atoms with Gasteiger partial charge in [-0.25, -0.2) is 0 Å². The molecule has 1 heterocycles. The zero-order valence-corrected chi connectivity index (χ0v) is 19.7. The van der Waals surface area contributed by atoms with Gasteiger partial charge in [-0.2, -0.15) is 0 Å². The smallest absolute Gasteiger partial charge is 0.255 e. The molecule has 3 amide bonds. The Labute approximate surface area is 213 Å². The Morgan fingerprint density at radius 3 is 2.14 bits per heavy atom.